The Morgan fingerprint density at radius 2 is 1.67 bits per heavy atom. The summed E-state index contributed by atoms with van der Waals surface area (Å²) in [5, 5.41) is 0. The molecule has 1 N–H and O–H groups in total. The number of hydrogen-bond acceptors (Lipinski definition) is 1. The van der Waals surface area contributed by atoms with Crippen molar-refractivity contribution in [1.29, 1.82) is 0 Å². The van der Waals surface area contributed by atoms with Crippen molar-refractivity contribution >= 4 is 45.5 Å². The summed E-state index contributed by atoms with van der Waals surface area (Å²) in [5.41, 5.74) is 0. The molecule has 0 bridgehead atoms. The van der Waals surface area contributed by atoms with E-state index < -0.39 is 0 Å². The monoisotopic (exact) mass is 351 g/mol. The highest BCUT2D eigenvalue weighted by Crippen LogP contribution is 2.24. The predicted molar refractivity (Wildman–Crippen MR) is 57.2 cm³/mol. The first kappa shape index (κ1) is 8.52. The van der Waals surface area contributed by atoms with Crippen molar-refractivity contribution < 1.29 is 0 Å². The fourth-order valence-corrected chi connectivity index (χ4v) is 2.50. The van der Waals surface area contributed by atoms with Gasteiger partial charge in [0.05, 0.1) is 0 Å². The van der Waals surface area contributed by atoms with Gasteiger partial charge in [-0.3, -0.25) is 3.53 Å². The number of halogens is 2. The van der Waals surface area contributed by atoms with E-state index in [0.29, 0.717) is 0 Å². The molecule has 0 saturated heterocycles. The molecule has 1 aliphatic rings. The van der Waals surface area contributed by atoms with Crippen LogP contribution in [0.2, 0.25) is 0 Å². The first-order valence-corrected chi connectivity index (χ1v) is 5.65. The van der Waals surface area contributed by atoms with Crippen molar-refractivity contribution in [3.05, 3.63) is 0 Å². The summed E-state index contributed by atoms with van der Waals surface area (Å²) in [6.45, 7) is 0. The van der Waals surface area contributed by atoms with E-state index in [4.69, 9.17) is 0 Å². The zero-order valence-corrected chi connectivity index (χ0v) is 9.55. The molecule has 0 atom stereocenters. The van der Waals surface area contributed by atoms with Crippen LogP contribution >= 0.6 is 45.5 Å². The number of nitrogens with one attached hydrogen (secondary N) is 1. The molecule has 0 aromatic rings. The predicted octanol–water partition coefficient (Wildman–Crippen LogP) is 2.67. The van der Waals surface area contributed by atoms with Crippen LogP contribution in [0.25, 0.3) is 0 Å². The van der Waals surface area contributed by atoms with Gasteiger partial charge in [0.15, 0.2) is 0 Å². The average molecular weight is 351 g/mol. The van der Waals surface area contributed by atoms with Gasteiger partial charge in [0.25, 0.3) is 0 Å². The minimum Gasteiger partial charge on any atom is -0.258 e. The highest BCUT2D eigenvalue weighted by Gasteiger charge is 2.17. The van der Waals surface area contributed by atoms with Crippen molar-refractivity contribution in [3.8, 4) is 0 Å². The fourth-order valence-electron chi connectivity index (χ4n) is 1.16. The van der Waals surface area contributed by atoms with Crippen LogP contribution in [0, 0.1) is 0 Å². The molecule has 0 amide bonds. The van der Waals surface area contributed by atoms with Gasteiger partial charge in [0, 0.05) is 32.8 Å². The zero-order valence-electron chi connectivity index (χ0n) is 5.24. The molecule has 54 valence electrons. The molecular formula is C6H11I2N. The lowest BCUT2D eigenvalue weighted by molar-refractivity contribution is 0.447. The Morgan fingerprint density at radius 3 is 2.11 bits per heavy atom. The van der Waals surface area contributed by atoms with E-state index in [2.05, 4.69) is 49.0 Å². The van der Waals surface area contributed by atoms with E-state index in [1.54, 1.807) is 0 Å². The topological polar surface area (TPSA) is 12.0 Å². The highest BCUT2D eigenvalue weighted by atomic mass is 127. The van der Waals surface area contributed by atoms with Crippen molar-refractivity contribution in [2.75, 3.05) is 0 Å². The molecule has 0 spiro atoms. The third kappa shape index (κ3) is 2.88. The summed E-state index contributed by atoms with van der Waals surface area (Å²) in [6, 6.07) is 0.802. The Bertz CT molecular complexity index is 79.1. The van der Waals surface area contributed by atoms with E-state index in [1.165, 1.54) is 25.7 Å². The SMILES string of the molecule is INC1CCC(I)CC1. The van der Waals surface area contributed by atoms with Gasteiger partial charge in [-0.1, -0.05) is 22.6 Å². The van der Waals surface area contributed by atoms with Gasteiger partial charge in [-0.2, -0.15) is 0 Å². The molecule has 9 heavy (non-hydrogen) atoms. The Balaban J connectivity index is 2.18. The molecule has 1 nitrogen and oxygen atoms in total. The van der Waals surface area contributed by atoms with Crippen molar-refractivity contribution in [2.24, 2.45) is 0 Å². The van der Waals surface area contributed by atoms with Crippen LogP contribution in [0.1, 0.15) is 25.7 Å². The summed E-state index contributed by atoms with van der Waals surface area (Å²) < 4.78 is 4.24. The van der Waals surface area contributed by atoms with Gasteiger partial charge in [0.1, 0.15) is 0 Å². The van der Waals surface area contributed by atoms with Crippen LogP contribution in [-0.4, -0.2) is 9.97 Å². The van der Waals surface area contributed by atoms with Gasteiger partial charge in [-0.05, 0) is 25.7 Å². The van der Waals surface area contributed by atoms with E-state index in [-0.39, 0.29) is 0 Å². The Hall–Kier alpha value is 1.42. The molecule has 0 aromatic carbocycles. The molecule has 1 rings (SSSR count). The lowest BCUT2D eigenvalue weighted by Gasteiger charge is -2.23. The average Bonchev–Trinajstić information content (AvgIpc) is 1.90. The van der Waals surface area contributed by atoms with Crippen LogP contribution in [-0.2, 0) is 0 Å². The number of hydrogen-bond donors (Lipinski definition) is 1. The van der Waals surface area contributed by atoms with Gasteiger partial charge >= 0.3 is 0 Å². The highest BCUT2D eigenvalue weighted by molar-refractivity contribution is 14.1. The first-order chi connectivity index (χ1) is 4.33. The van der Waals surface area contributed by atoms with Gasteiger partial charge in [-0.25, -0.2) is 0 Å². The van der Waals surface area contributed by atoms with Crippen LogP contribution in [0.4, 0.5) is 0 Å². The normalized spacial score (nSPS) is 36.7. The van der Waals surface area contributed by atoms with E-state index in [1.807, 2.05) is 0 Å². The molecular weight excluding hydrogens is 340 g/mol. The number of alkyl halides is 1. The molecule has 0 heterocycles. The third-order valence-electron chi connectivity index (χ3n) is 1.81. The van der Waals surface area contributed by atoms with Gasteiger partial charge < -0.3 is 0 Å². The molecule has 1 aliphatic carbocycles. The van der Waals surface area contributed by atoms with Crippen molar-refractivity contribution in [2.45, 2.75) is 35.6 Å². The van der Waals surface area contributed by atoms with Gasteiger partial charge in [0.2, 0.25) is 0 Å². The summed E-state index contributed by atoms with van der Waals surface area (Å²) >= 11 is 4.81. The molecule has 0 radical (unpaired) electrons. The zero-order chi connectivity index (χ0) is 6.69. The summed E-state index contributed by atoms with van der Waals surface area (Å²) in [5.74, 6) is 0. The summed E-state index contributed by atoms with van der Waals surface area (Å²) in [6.07, 6.45) is 5.55. The number of rotatable bonds is 1. The summed E-state index contributed by atoms with van der Waals surface area (Å²) in [7, 11) is 0. The second-order valence-corrected chi connectivity index (χ2v) is 4.94. The molecule has 0 aromatic heterocycles. The fraction of sp³-hybridized carbons (Fsp3) is 1.00. The first-order valence-electron chi connectivity index (χ1n) is 3.33. The van der Waals surface area contributed by atoms with E-state index in [9.17, 15) is 0 Å². The minimum atomic E-state index is 0.802. The van der Waals surface area contributed by atoms with Crippen LogP contribution < -0.4 is 3.53 Å². The molecule has 1 saturated carbocycles. The Kier molecular flexibility index (Phi) is 4.10. The van der Waals surface area contributed by atoms with Crippen LogP contribution in [0.15, 0.2) is 0 Å². The van der Waals surface area contributed by atoms with Crippen LogP contribution in [0.5, 0.6) is 0 Å². The quantitative estimate of drug-likeness (QED) is 0.435. The lowest BCUT2D eigenvalue weighted by atomic mass is 9.96. The van der Waals surface area contributed by atoms with Crippen molar-refractivity contribution in [1.82, 2.24) is 3.53 Å². The van der Waals surface area contributed by atoms with Crippen molar-refractivity contribution in [3.63, 3.8) is 0 Å². The van der Waals surface area contributed by atoms with Gasteiger partial charge in [-0.15, -0.1) is 0 Å². The molecule has 0 aliphatic heterocycles. The summed E-state index contributed by atoms with van der Waals surface area (Å²) in [4.78, 5) is 0. The maximum atomic E-state index is 3.29. The molecule has 0 unspecified atom stereocenters. The second kappa shape index (κ2) is 4.33. The molecule has 1 fully saturated rings. The maximum absolute atomic E-state index is 3.29. The standard InChI is InChI=1S/C6H11I2N/c7-5-1-3-6(9-8)4-2-5/h5-6,9H,1-4H2. The Morgan fingerprint density at radius 1 is 1.11 bits per heavy atom. The van der Waals surface area contributed by atoms with E-state index in [0.717, 1.165) is 9.97 Å². The maximum Gasteiger partial charge on any atom is 0.0172 e. The second-order valence-electron chi connectivity index (χ2n) is 2.56. The Labute approximate surface area is 84.0 Å². The smallest absolute Gasteiger partial charge is 0.0172 e. The van der Waals surface area contributed by atoms with Crippen LogP contribution in [0.3, 0.4) is 0 Å². The van der Waals surface area contributed by atoms with E-state index >= 15 is 0 Å². The minimum absolute atomic E-state index is 0.802. The largest absolute Gasteiger partial charge is 0.258 e. The molecule has 3 heteroatoms. The lowest BCUT2D eigenvalue weighted by Crippen LogP contribution is -2.26. The third-order valence-corrected chi connectivity index (χ3v) is 3.94.